The van der Waals surface area contributed by atoms with Crippen LogP contribution in [0, 0.1) is 3.70 Å². The van der Waals surface area contributed by atoms with Gasteiger partial charge < -0.3 is 26.2 Å². The lowest BCUT2D eigenvalue weighted by atomic mass is 9.88. The molecule has 2 aliphatic rings. The van der Waals surface area contributed by atoms with E-state index in [0.717, 1.165) is 29.9 Å². The van der Waals surface area contributed by atoms with E-state index in [1.54, 1.807) is 0 Å². The van der Waals surface area contributed by atoms with E-state index in [9.17, 15) is 9.59 Å². The first-order valence-corrected chi connectivity index (χ1v) is 13.4. The van der Waals surface area contributed by atoms with Gasteiger partial charge in [0.2, 0.25) is 5.91 Å². The fourth-order valence-corrected chi connectivity index (χ4v) is 4.98. The van der Waals surface area contributed by atoms with Gasteiger partial charge in [0.1, 0.15) is 15.2 Å². The van der Waals surface area contributed by atoms with Gasteiger partial charge >= 0.3 is 0 Å². The molecule has 1 fully saturated rings. The van der Waals surface area contributed by atoms with Crippen molar-refractivity contribution in [3.63, 3.8) is 0 Å². The summed E-state index contributed by atoms with van der Waals surface area (Å²) < 4.78 is 5.84. The van der Waals surface area contributed by atoms with Crippen LogP contribution in [0.2, 0.25) is 0 Å². The number of benzene rings is 1. The maximum absolute atomic E-state index is 12.8. The lowest BCUT2D eigenvalue weighted by molar-refractivity contribution is -0.132. The summed E-state index contributed by atoms with van der Waals surface area (Å²) in [4.78, 5) is 39.9. The molecule has 0 aliphatic carbocycles. The van der Waals surface area contributed by atoms with Gasteiger partial charge in [-0.3, -0.25) is 19.9 Å². The maximum Gasteiger partial charge on any atom is 0.280 e. The highest BCUT2D eigenvalue weighted by Crippen LogP contribution is 2.27. The van der Waals surface area contributed by atoms with E-state index in [2.05, 4.69) is 30.8 Å². The molecule has 0 radical (unpaired) electrons. The van der Waals surface area contributed by atoms with Gasteiger partial charge in [-0.15, -0.1) is 0 Å². The number of guanidine groups is 1. The number of anilines is 2. The van der Waals surface area contributed by atoms with Crippen LogP contribution in [0.1, 0.15) is 41.9 Å². The summed E-state index contributed by atoms with van der Waals surface area (Å²) in [5.41, 5.74) is 13.0. The summed E-state index contributed by atoms with van der Waals surface area (Å²) >= 11 is 1.90. The fourth-order valence-electron chi connectivity index (χ4n) is 4.62. The largest absolute Gasteiger partial charge is 0.382 e. The second-order valence-corrected chi connectivity index (χ2v) is 10.5. The number of halogens is 1. The number of hydrogen-bond acceptors (Lipinski definition) is 10. The number of nitrogens with two attached hydrogens (primary N) is 2. The summed E-state index contributed by atoms with van der Waals surface area (Å²) in [5.74, 6) is 0.891. The number of aryl methyl sites for hydroxylation is 1. The molecule has 38 heavy (non-hydrogen) atoms. The van der Waals surface area contributed by atoms with Crippen LogP contribution in [0.5, 0.6) is 0 Å². The number of rotatable bonds is 6. The summed E-state index contributed by atoms with van der Waals surface area (Å²) in [6.45, 7) is 1.76. The van der Waals surface area contributed by atoms with Crippen molar-refractivity contribution in [3.05, 3.63) is 51.6 Å². The molecule has 198 valence electrons. The van der Waals surface area contributed by atoms with Gasteiger partial charge in [0.25, 0.3) is 5.91 Å². The summed E-state index contributed by atoms with van der Waals surface area (Å²) in [6, 6.07) is 11.8. The molecule has 2 aliphatic heterocycles. The smallest absolute Gasteiger partial charge is 0.280 e. The molecular weight excluding hydrogens is 601 g/mol. The van der Waals surface area contributed by atoms with Crippen LogP contribution in [0.25, 0.3) is 11.3 Å². The number of hydrogen-bond donors (Lipinski definition) is 4. The third kappa shape index (κ3) is 5.71. The first-order chi connectivity index (χ1) is 18.3. The number of carbonyl (C=O) groups is 2. The van der Waals surface area contributed by atoms with Gasteiger partial charge in [0, 0.05) is 37.6 Å². The highest BCUT2D eigenvalue weighted by molar-refractivity contribution is 14.1. The molecule has 12 nitrogen and oxygen atoms in total. The van der Waals surface area contributed by atoms with Crippen LogP contribution in [-0.4, -0.2) is 63.0 Å². The van der Waals surface area contributed by atoms with E-state index in [1.807, 2.05) is 63.9 Å². The van der Waals surface area contributed by atoms with Crippen molar-refractivity contribution in [1.82, 2.24) is 30.7 Å². The molecule has 1 saturated heterocycles. The van der Waals surface area contributed by atoms with Crippen LogP contribution in [0.15, 0.2) is 45.9 Å². The Morgan fingerprint density at radius 1 is 1.13 bits per heavy atom. The SMILES string of the molecule is Nc1nc(N)c(C(=O)NC2=NCC3(CCN(C(=O)CCCc4cc(-c5ccccc5)no4)CC3)N2)nc1I. The van der Waals surface area contributed by atoms with E-state index in [4.69, 9.17) is 16.0 Å². The lowest BCUT2D eigenvalue weighted by Gasteiger charge is -2.39. The zero-order valence-corrected chi connectivity index (χ0v) is 22.8. The van der Waals surface area contributed by atoms with Gasteiger partial charge in [-0.05, 0) is 41.9 Å². The van der Waals surface area contributed by atoms with Crippen molar-refractivity contribution in [2.75, 3.05) is 31.1 Å². The zero-order valence-electron chi connectivity index (χ0n) is 20.6. The Morgan fingerprint density at radius 3 is 2.66 bits per heavy atom. The number of piperidine rings is 1. The minimum absolute atomic E-state index is 0.00362. The van der Waals surface area contributed by atoms with Gasteiger partial charge in [-0.2, -0.15) is 0 Å². The number of nitrogens with one attached hydrogen (secondary N) is 2. The number of likely N-dealkylation sites (tertiary alicyclic amines) is 1. The third-order valence-corrected chi connectivity index (χ3v) is 7.58. The second kappa shape index (κ2) is 10.9. The standard InChI is InChI=1S/C25H28IN9O3/c26-20-22(28)31-21(27)19(30-20)23(37)32-24-29-14-25(33-24)9-11-35(12-10-25)18(36)8-4-7-16-13-17(34-38-16)15-5-2-1-3-6-15/h1-3,5-6,13H,4,7-12,14H2,(H4,27,28,31)(H2,29,32,33,37). The minimum atomic E-state index is -0.508. The van der Waals surface area contributed by atoms with Crippen molar-refractivity contribution >= 4 is 52.0 Å². The van der Waals surface area contributed by atoms with Gasteiger partial charge in [0.05, 0.1) is 12.1 Å². The van der Waals surface area contributed by atoms with Crippen LogP contribution in [-0.2, 0) is 11.2 Å². The first-order valence-electron chi connectivity index (χ1n) is 12.3. The van der Waals surface area contributed by atoms with E-state index >= 15 is 0 Å². The van der Waals surface area contributed by atoms with Crippen molar-refractivity contribution < 1.29 is 14.1 Å². The van der Waals surface area contributed by atoms with Crippen LogP contribution >= 0.6 is 22.6 Å². The Morgan fingerprint density at radius 2 is 1.89 bits per heavy atom. The van der Waals surface area contributed by atoms with Crippen molar-refractivity contribution in [3.8, 4) is 11.3 Å². The molecule has 3 aromatic rings. The topological polar surface area (TPSA) is 178 Å². The number of amides is 2. The molecule has 6 N–H and O–H groups in total. The number of nitrogens with zero attached hydrogens (tertiary/aromatic N) is 5. The van der Waals surface area contributed by atoms with E-state index in [0.29, 0.717) is 48.6 Å². The molecule has 1 spiro atoms. The number of aliphatic imine (C=N–C) groups is 1. The third-order valence-electron chi connectivity index (χ3n) is 6.79. The Kier molecular flexibility index (Phi) is 7.44. The zero-order chi connectivity index (χ0) is 26.7. The van der Waals surface area contributed by atoms with Crippen molar-refractivity contribution in [2.45, 2.75) is 37.6 Å². The molecule has 0 bridgehead atoms. The number of aromatic nitrogens is 3. The number of carbonyl (C=O) groups excluding carboxylic acids is 2. The molecule has 2 aromatic heterocycles. The predicted octanol–water partition coefficient (Wildman–Crippen LogP) is 1.97. The fraction of sp³-hybridized carbons (Fsp3) is 0.360. The molecule has 0 saturated carbocycles. The van der Waals surface area contributed by atoms with E-state index in [1.165, 1.54) is 0 Å². The van der Waals surface area contributed by atoms with E-state index in [-0.39, 0.29) is 28.8 Å². The molecule has 0 atom stereocenters. The Bertz CT molecular complexity index is 1370. The lowest BCUT2D eigenvalue weighted by Crippen LogP contribution is -2.56. The Labute approximate surface area is 232 Å². The summed E-state index contributed by atoms with van der Waals surface area (Å²) in [7, 11) is 0. The highest BCUT2D eigenvalue weighted by Gasteiger charge is 2.40. The molecule has 0 unspecified atom stereocenters. The molecule has 5 rings (SSSR count). The van der Waals surface area contributed by atoms with Gasteiger partial charge in [0.15, 0.2) is 23.3 Å². The Balaban J connectivity index is 1.06. The van der Waals surface area contributed by atoms with Crippen molar-refractivity contribution in [1.29, 1.82) is 0 Å². The quantitative estimate of drug-likeness (QED) is 0.297. The highest BCUT2D eigenvalue weighted by atomic mass is 127. The normalized spacial score (nSPS) is 16.2. The molecular formula is C25H28IN9O3. The van der Waals surface area contributed by atoms with Gasteiger partial charge in [-0.25, -0.2) is 9.97 Å². The second-order valence-electron chi connectivity index (χ2n) is 9.44. The molecule has 4 heterocycles. The van der Waals surface area contributed by atoms with Crippen LogP contribution < -0.4 is 22.1 Å². The number of nitrogen functional groups attached to an aromatic ring is 2. The van der Waals surface area contributed by atoms with Crippen LogP contribution in [0.3, 0.4) is 0 Å². The average Bonchev–Trinajstić information content (AvgIpc) is 3.54. The predicted molar refractivity (Wildman–Crippen MR) is 150 cm³/mol. The molecule has 13 heteroatoms. The van der Waals surface area contributed by atoms with Crippen LogP contribution in [0.4, 0.5) is 11.6 Å². The minimum Gasteiger partial charge on any atom is -0.382 e. The molecule has 2 amide bonds. The maximum atomic E-state index is 12.8. The summed E-state index contributed by atoms with van der Waals surface area (Å²) in [5, 5.41) is 10.2. The average molecular weight is 629 g/mol. The van der Waals surface area contributed by atoms with E-state index < -0.39 is 5.91 Å². The van der Waals surface area contributed by atoms with Crippen molar-refractivity contribution in [2.24, 2.45) is 4.99 Å². The summed E-state index contributed by atoms with van der Waals surface area (Å²) in [6.07, 6.45) is 3.25. The Hall–Kier alpha value is -3.75. The van der Waals surface area contributed by atoms with Gasteiger partial charge in [-0.1, -0.05) is 35.5 Å². The molecule has 1 aromatic carbocycles. The monoisotopic (exact) mass is 629 g/mol. The first kappa shape index (κ1) is 25.9.